The van der Waals surface area contributed by atoms with Gasteiger partial charge in [-0.15, -0.1) is 0 Å². The van der Waals surface area contributed by atoms with Crippen LogP contribution in [0.5, 0.6) is 11.6 Å². The SMILES string of the molecule is COc1ncc(-c2cccc3c2C[C@H](N)C(N)O3)cc1F. The van der Waals surface area contributed by atoms with E-state index < -0.39 is 12.0 Å². The molecule has 21 heavy (non-hydrogen) atoms. The van der Waals surface area contributed by atoms with E-state index in [2.05, 4.69) is 4.98 Å². The Kier molecular flexibility index (Phi) is 3.48. The number of aromatic nitrogens is 1. The Morgan fingerprint density at radius 1 is 1.38 bits per heavy atom. The first-order chi connectivity index (χ1) is 10.1. The van der Waals surface area contributed by atoms with Crippen molar-refractivity contribution in [1.82, 2.24) is 4.98 Å². The molecule has 1 aromatic heterocycles. The fraction of sp³-hybridized carbons (Fsp3) is 0.267. The van der Waals surface area contributed by atoms with Gasteiger partial charge >= 0.3 is 0 Å². The number of fused-ring (bicyclic) bond motifs is 1. The molecule has 0 amide bonds. The molecule has 6 heteroatoms. The molecule has 110 valence electrons. The number of nitrogens with two attached hydrogens (primary N) is 2. The van der Waals surface area contributed by atoms with Crippen LogP contribution in [0.3, 0.4) is 0 Å². The molecule has 1 aliphatic rings. The molecule has 3 rings (SSSR count). The van der Waals surface area contributed by atoms with Gasteiger partial charge in [-0.2, -0.15) is 0 Å². The minimum Gasteiger partial charge on any atom is -0.479 e. The van der Waals surface area contributed by atoms with Gasteiger partial charge in [0, 0.05) is 17.3 Å². The standard InChI is InChI=1S/C15H16FN3O2/c1-20-15-11(16)5-8(7-19-15)9-3-2-4-13-10(9)6-12(17)14(18)21-13/h2-5,7,12,14H,6,17-18H2,1H3/t12-,14?/m0/s1. The molecule has 1 aromatic carbocycles. The molecule has 1 unspecified atom stereocenters. The van der Waals surface area contributed by atoms with Crippen molar-refractivity contribution < 1.29 is 13.9 Å². The summed E-state index contributed by atoms with van der Waals surface area (Å²) in [7, 11) is 1.38. The number of benzene rings is 1. The summed E-state index contributed by atoms with van der Waals surface area (Å²) in [6.45, 7) is 0. The number of hydrogen-bond donors (Lipinski definition) is 2. The molecule has 5 nitrogen and oxygen atoms in total. The van der Waals surface area contributed by atoms with Crippen LogP contribution in [0.4, 0.5) is 4.39 Å². The minimum atomic E-state index is -0.529. The van der Waals surface area contributed by atoms with Gasteiger partial charge in [0.05, 0.1) is 13.2 Å². The third kappa shape index (κ3) is 2.43. The second-order valence-electron chi connectivity index (χ2n) is 4.95. The Hall–Kier alpha value is -2.18. The third-order valence-electron chi connectivity index (χ3n) is 3.57. The van der Waals surface area contributed by atoms with Gasteiger partial charge < -0.3 is 15.2 Å². The van der Waals surface area contributed by atoms with Crippen molar-refractivity contribution in [3.8, 4) is 22.8 Å². The van der Waals surface area contributed by atoms with Crippen LogP contribution < -0.4 is 20.9 Å². The third-order valence-corrected chi connectivity index (χ3v) is 3.57. The molecule has 0 bridgehead atoms. The molecule has 4 N–H and O–H groups in total. The minimum absolute atomic E-state index is 0.0291. The Bertz CT molecular complexity index is 678. The van der Waals surface area contributed by atoms with Crippen LogP contribution in [0.2, 0.25) is 0 Å². The van der Waals surface area contributed by atoms with Gasteiger partial charge in [0.1, 0.15) is 5.75 Å². The molecule has 0 aliphatic carbocycles. The summed E-state index contributed by atoms with van der Waals surface area (Å²) in [5.41, 5.74) is 14.2. The fourth-order valence-electron chi connectivity index (χ4n) is 2.47. The second kappa shape index (κ2) is 5.31. The normalized spacial score (nSPS) is 20.6. The number of hydrogen-bond acceptors (Lipinski definition) is 5. The molecular formula is C15H16FN3O2. The van der Waals surface area contributed by atoms with E-state index in [1.54, 1.807) is 6.20 Å². The summed E-state index contributed by atoms with van der Waals surface area (Å²) in [4.78, 5) is 3.96. The van der Waals surface area contributed by atoms with Crippen LogP contribution in [0.15, 0.2) is 30.5 Å². The van der Waals surface area contributed by atoms with Gasteiger partial charge in [-0.05, 0) is 24.1 Å². The van der Waals surface area contributed by atoms with E-state index in [0.29, 0.717) is 17.7 Å². The predicted molar refractivity (Wildman–Crippen MR) is 76.5 cm³/mol. The molecular weight excluding hydrogens is 273 g/mol. The zero-order chi connectivity index (χ0) is 15.0. The van der Waals surface area contributed by atoms with Crippen molar-refractivity contribution in [3.05, 3.63) is 41.8 Å². The first-order valence-corrected chi connectivity index (χ1v) is 6.59. The molecule has 0 fully saturated rings. The molecule has 1 aliphatic heterocycles. The summed E-state index contributed by atoms with van der Waals surface area (Å²) < 4.78 is 24.3. The summed E-state index contributed by atoms with van der Waals surface area (Å²) in [5.74, 6) is 0.141. The molecule has 2 aromatic rings. The van der Waals surface area contributed by atoms with Crippen molar-refractivity contribution >= 4 is 0 Å². The largest absolute Gasteiger partial charge is 0.479 e. The maximum absolute atomic E-state index is 13.8. The highest BCUT2D eigenvalue weighted by atomic mass is 19.1. The highest BCUT2D eigenvalue weighted by Crippen LogP contribution is 2.35. The van der Waals surface area contributed by atoms with E-state index in [1.807, 2.05) is 18.2 Å². The van der Waals surface area contributed by atoms with Gasteiger partial charge in [-0.3, -0.25) is 5.73 Å². The van der Waals surface area contributed by atoms with Gasteiger partial charge in [0.2, 0.25) is 5.88 Å². The van der Waals surface area contributed by atoms with Crippen molar-refractivity contribution in [2.24, 2.45) is 11.5 Å². The van der Waals surface area contributed by atoms with Crippen LogP contribution in [0.1, 0.15) is 5.56 Å². The highest BCUT2D eigenvalue weighted by molar-refractivity contribution is 5.70. The van der Waals surface area contributed by atoms with Crippen molar-refractivity contribution in [2.75, 3.05) is 7.11 Å². The van der Waals surface area contributed by atoms with Gasteiger partial charge in [0.15, 0.2) is 12.0 Å². The second-order valence-corrected chi connectivity index (χ2v) is 4.95. The Labute approximate surface area is 121 Å². The van der Waals surface area contributed by atoms with Crippen LogP contribution in [0.25, 0.3) is 11.1 Å². The summed E-state index contributed by atoms with van der Waals surface area (Å²) in [6, 6.07) is 6.64. The quantitative estimate of drug-likeness (QED) is 0.874. The average molecular weight is 289 g/mol. The van der Waals surface area contributed by atoms with Gasteiger partial charge in [-0.25, -0.2) is 9.37 Å². The van der Waals surface area contributed by atoms with Crippen molar-refractivity contribution in [1.29, 1.82) is 0 Å². The van der Waals surface area contributed by atoms with E-state index in [0.717, 1.165) is 11.1 Å². The smallest absolute Gasteiger partial charge is 0.250 e. The lowest BCUT2D eigenvalue weighted by atomic mass is 9.93. The average Bonchev–Trinajstić information content (AvgIpc) is 2.48. The first kappa shape index (κ1) is 13.8. The monoisotopic (exact) mass is 289 g/mol. The first-order valence-electron chi connectivity index (χ1n) is 6.59. The van der Waals surface area contributed by atoms with Crippen LogP contribution in [-0.2, 0) is 6.42 Å². The number of ether oxygens (including phenoxy) is 2. The summed E-state index contributed by atoms with van der Waals surface area (Å²) in [6.07, 6.45) is 1.61. The van der Waals surface area contributed by atoms with Crippen molar-refractivity contribution in [2.45, 2.75) is 18.7 Å². The number of pyridine rings is 1. The Morgan fingerprint density at radius 2 is 2.19 bits per heavy atom. The lowest BCUT2D eigenvalue weighted by molar-refractivity contribution is 0.158. The molecule has 2 heterocycles. The topological polar surface area (TPSA) is 83.4 Å². The molecule has 0 radical (unpaired) electrons. The number of nitrogens with zero attached hydrogens (tertiary/aromatic N) is 1. The van der Waals surface area contributed by atoms with E-state index in [1.165, 1.54) is 13.2 Å². The lowest BCUT2D eigenvalue weighted by Crippen LogP contribution is -2.49. The molecule has 2 atom stereocenters. The maximum atomic E-state index is 13.8. The van der Waals surface area contributed by atoms with Crippen LogP contribution >= 0.6 is 0 Å². The summed E-state index contributed by atoms with van der Waals surface area (Å²) in [5, 5.41) is 0. The Balaban J connectivity index is 2.08. The van der Waals surface area contributed by atoms with Gasteiger partial charge in [-0.1, -0.05) is 12.1 Å². The lowest BCUT2D eigenvalue weighted by Gasteiger charge is -2.30. The zero-order valence-electron chi connectivity index (χ0n) is 11.5. The number of methoxy groups -OCH3 is 1. The summed E-state index contributed by atoms with van der Waals surface area (Å²) >= 11 is 0. The Morgan fingerprint density at radius 3 is 2.90 bits per heavy atom. The highest BCUT2D eigenvalue weighted by Gasteiger charge is 2.26. The molecule has 0 saturated carbocycles. The fourth-order valence-corrected chi connectivity index (χ4v) is 2.47. The predicted octanol–water partition coefficient (Wildman–Crippen LogP) is 1.44. The number of rotatable bonds is 2. The zero-order valence-corrected chi connectivity index (χ0v) is 11.5. The van der Waals surface area contributed by atoms with Crippen LogP contribution in [-0.4, -0.2) is 24.4 Å². The van der Waals surface area contributed by atoms with Crippen LogP contribution in [0, 0.1) is 5.82 Å². The van der Waals surface area contributed by atoms with Crippen molar-refractivity contribution in [3.63, 3.8) is 0 Å². The van der Waals surface area contributed by atoms with Gasteiger partial charge in [0.25, 0.3) is 0 Å². The molecule has 0 saturated heterocycles. The van der Waals surface area contributed by atoms with E-state index >= 15 is 0 Å². The van der Waals surface area contributed by atoms with E-state index in [4.69, 9.17) is 20.9 Å². The van der Waals surface area contributed by atoms with E-state index in [9.17, 15) is 4.39 Å². The number of halogens is 1. The molecule has 0 spiro atoms. The maximum Gasteiger partial charge on any atom is 0.250 e. The van der Waals surface area contributed by atoms with E-state index in [-0.39, 0.29) is 11.9 Å².